The third kappa shape index (κ3) is 3.33. The summed E-state index contributed by atoms with van der Waals surface area (Å²) in [5, 5.41) is 19.5. The zero-order valence-corrected chi connectivity index (χ0v) is 16.3. The maximum atomic E-state index is 9.65. The normalized spacial score (nSPS) is 31.6. The monoisotopic (exact) mass is 395 g/mol. The van der Waals surface area contributed by atoms with Gasteiger partial charge in [0.05, 0.1) is 37.3 Å². The van der Waals surface area contributed by atoms with Crippen LogP contribution in [-0.2, 0) is 0 Å². The molecule has 4 bridgehead atoms. The number of halogens is 1. The maximum absolute atomic E-state index is 9.65. The van der Waals surface area contributed by atoms with Crippen LogP contribution in [0.2, 0.25) is 5.02 Å². The van der Waals surface area contributed by atoms with Gasteiger partial charge in [0.1, 0.15) is 5.75 Å². The summed E-state index contributed by atoms with van der Waals surface area (Å²) in [5.41, 5.74) is 2.81. The van der Waals surface area contributed by atoms with Crippen LogP contribution in [0.1, 0.15) is 11.1 Å². The van der Waals surface area contributed by atoms with Crippen molar-refractivity contribution in [1.29, 1.82) is 0 Å². The van der Waals surface area contributed by atoms with Gasteiger partial charge in [-0.25, -0.2) is 0 Å². The molecule has 4 aliphatic heterocycles. The molecule has 0 amide bonds. The molecule has 2 aromatic carbocycles. The fourth-order valence-electron chi connectivity index (χ4n) is 4.78. The van der Waals surface area contributed by atoms with E-state index >= 15 is 0 Å². The van der Waals surface area contributed by atoms with Gasteiger partial charge in [-0.2, -0.15) is 10.2 Å². The Hall–Kier alpha value is -2.25. The number of benzene rings is 2. The van der Waals surface area contributed by atoms with Crippen LogP contribution in [0, 0.1) is 5.41 Å². The van der Waals surface area contributed by atoms with Gasteiger partial charge in [0.2, 0.25) is 0 Å². The molecule has 0 spiro atoms. The lowest BCUT2D eigenvalue weighted by molar-refractivity contribution is -0.149. The molecule has 0 unspecified atom stereocenters. The van der Waals surface area contributed by atoms with Crippen molar-refractivity contribution in [1.82, 2.24) is 14.7 Å². The fraction of sp³-hybridized carbons (Fsp3) is 0.333. The average molecular weight is 396 g/mol. The summed E-state index contributed by atoms with van der Waals surface area (Å²) in [5.74, 6) is 0.223. The summed E-state index contributed by atoms with van der Waals surface area (Å²) >= 11 is 6.12. The first kappa shape index (κ1) is 17.8. The van der Waals surface area contributed by atoms with E-state index < -0.39 is 0 Å². The Labute approximate surface area is 169 Å². The third-order valence-corrected chi connectivity index (χ3v) is 5.89. The predicted octanol–water partition coefficient (Wildman–Crippen LogP) is 2.67. The molecule has 144 valence electrons. The van der Waals surface area contributed by atoms with E-state index in [1.165, 1.54) is 0 Å². The Kier molecular flexibility index (Phi) is 4.44. The Bertz CT molecular complexity index is 905. The zero-order chi connectivity index (χ0) is 19.1. The summed E-state index contributed by atoms with van der Waals surface area (Å²) in [6.07, 6.45) is 1.69. The molecule has 0 atom stereocenters. The number of aromatic hydroxyl groups is 1. The van der Waals surface area contributed by atoms with Crippen molar-refractivity contribution in [3.05, 3.63) is 64.7 Å². The van der Waals surface area contributed by atoms with Crippen LogP contribution in [0.5, 0.6) is 5.75 Å². The van der Waals surface area contributed by atoms with Crippen molar-refractivity contribution in [3.8, 4) is 5.75 Å². The molecular weight excluding hydrogens is 374 g/mol. The van der Waals surface area contributed by atoms with Gasteiger partial charge in [0, 0.05) is 24.7 Å². The lowest BCUT2D eigenvalue weighted by atomic mass is 9.74. The summed E-state index contributed by atoms with van der Waals surface area (Å²) in [4.78, 5) is 7.42. The zero-order valence-electron chi connectivity index (χ0n) is 15.5. The highest BCUT2D eigenvalue weighted by Crippen LogP contribution is 2.38. The van der Waals surface area contributed by atoms with Crippen molar-refractivity contribution >= 4 is 23.5 Å². The third-order valence-electron chi connectivity index (χ3n) is 5.63. The number of phenolic OH excluding ortho intramolecular Hbond substituents is 1. The van der Waals surface area contributed by atoms with E-state index in [4.69, 9.17) is 16.7 Å². The van der Waals surface area contributed by atoms with E-state index in [1.807, 2.05) is 30.3 Å². The van der Waals surface area contributed by atoms with Gasteiger partial charge in [0.25, 0.3) is 0 Å². The van der Waals surface area contributed by atoms with Crippen LogP contribution in [0.15, 0.2) is 58.7 Å². The molecule has 4 heterocycles. The van der Waals surface area contributed by atoms with Crippen molar-refractivity contribution in [2.24, 2.45) is 15.6 Å². The van der Waals surface area contributed by atoms with Crippen molar-refractivity contribution < 1.29 is 5.11 Å². The van der Waals surface area contributed by atoms with Crippen LogP contribution < -0.4 is 0 Å². The minimum absolute atomic E-state index is 0.0707. The molecule has 6 nitrogen and oxygen atoms in total. The number of nitrogens with zero attached hydrogens (tertiary/aromatic N) is 5. The van der Waals surface area contributed by atoms with Crippen LogP contribution in [-0.4, -0.2) is 71.4 Å². The number of phenols is 1. The van der Waals surface area contributed by atoms with Crippen LogP contribution in [0.4, 0.5) is 0 Å². The largest absolute Gasteiger partial charge is 0.508 e. The highest BCUT2D eigenvalue weighted by molar-refractivity contribution is 6.30. The predicted molar refractivity (Wildman–Crippen MR) is 111 cm³/mol. The van der Waals surface area contributed by atoms with E-state index in [0.29, 0.717) is 5.02 Å². The average Bonchev–Trinajstić information content (AvgIpc) is 2.65. The Morgan fingerprint density at radius 3 is 2.21 bits per heavy atom. The number of rotatable bonds is 4. The quantitative estimate of drug-likeness (QED) is 0.638. The SMILES string of the molecule is Oc1cccc(/C=N\N=C(/c2ccc(Cl)cc2)C23CN4CN(CN(C4)C2)C3)c1. The molecule has 1 N–H and O–H groups in total. The molecule has 4 aliphatic rings. The molecule has 6 rings (SSSR count). The second kappa shape index (κ2) is 6.97. The topological polar surface area (TPSA) is 54.7 Å². The molecule has 4 fully saturated rings. The molecule has 0 aliphatic carbocycles. The molecular formula is C21H22ClN5O. The second-order valence-electron chi connectivity index (χ2n) is 7.99. The molecule has 0 saturated carbocycles. The Morgan fingerprint density at radius 1 is 0.964 bits per heavy atom. The second-order valence-corrected chi connectivity index (χ2v) is 8.42. The maximum Gasteiger partial charge on any atom is 0.116 e. The van der Waals surface area contributed by atoms with Gasteiger partial charge in [0.15, 0.2) is 0 Å². The standard InChI is InChI=1S/C21H22ClN5O/c22-18-6-4-17(5-7-18)20(24-23-9-16-2-1-3-19(28)8-16)21-10-25-13-26(11-21)15-27(12-21)14-25/h1-9,28H,10-15H2/b23-9-,24-20+. The van der Waals surface area contributed by atoms with Gasteiger partial charge < -0.3 is 5.11 Å². The highest BCUT2D eigenvalue weighted by Gasteiger charge is 2.51. The van der Waals surface area contributed by atoms with E-state index in [-0.39, 0.29) is 11.2 Å². The Balaban J connectivity index is 1.53. The van der Waals surface area contributed by atoms with Gasteiger partial charge in [-0.1, -0.05) is 35.9 Å². The minimum Gasteiger partial charge on any atom is -0.508 e. The van der Waals surface area contributed by atoms with E-state index in [2.05, 4.69) is 19.8 Å². The van der Waals surface area contributed by atoms with Crippen LogP contribution >= 0.6 is 11.6 Å². The summed E-state index contributed by atoms with van der Waals surface area (Å²) in [6.45, 7) is 6.05. The van der Waals surface area contributed by atoms with E-state index in [0.717, 1.165) is 56.5 Å². The Morgan fingerprint density at radius 2 is 1.61 bits per heavy atom. The summed E-state index contributed by atoms with van der Waals surface area (Å²) < 4.78 is 0. The first-order valence-corrected chi connectivity index (χ1v) is 9.81. The van der Waals surface area contributed by atoms with Gasteiger partial charge in [-0.15, -0.1) is 0 Å². The summed E-state index contributed by atoms with van der Waals surface area (Å²) in [6, 6.07) is 14.9. The molecule has 0 radical (unpaired) electrons. The summed E-state index contributed by atoms with van der Waals surface area (Å²) in [7, 11) is 0. The van der Waals surface area contributed by atoms with Gasteiger partial charge in [-0.05, 0) is 35.4 Å². The fourth-order valence-corrected chi connectivity index (χ4v) is 4.90. The number of hydrogen-bond donors (Lipinski definition) is 1. The van der Waals surface area contributed by atoms with E-state index in [1.54, 1.807) is 24.4 Å². The first-order chi connectivity index (χ1) is 13.6. The molecule has 0 aromatic heterocycles. The van der Waals surface area contributed by atoms with Crippen LogP contribution in [0.3, 0.4) is 0 Å². The minimum atomic E-state index is -0.0707. The van der Waals surface area contributed by atoms with Gasteiger partial charge in [-0.3, -0.25) is 14.7 Å². The molecule has 7 heteroatoms. The van der Waals surface area contributed by atoms with Crippen LogP contribution in [0.25, 0.3) is 0 Å². The first-order valence-electron chi connectivity index (χ1n) is 9.43. The smallest absolute Gasteiger partial charge is 0.116 e. The van der Waals surface area contributed by atoms with Crippen molar-refractivity contribution in [3.63, 3.8) is 0 Å². The van der Waals surface area contributed by atoms with Crippen molar-refractivity contribution in [2.75, 3.05) is 39.6 Å². The highest BCUT2D eigenvalue weighted by atomic mass is 35.5. The lowest BCUT2D eigenvalue weighted by Gasteiger charge is -2.60. The molecule has 28 heavy (non-hydrogen) atoms. The lowest BCUT2D eigenvalue weighted by Crippen LogP contribution is -2.74. The molecule has 2 aromatic rings. The number of hydrogen-bond acceptors (Lipinski definition) is 6. The van der Waals surface area contributed by atoms with E-state index in [9.17, 15) is 5.11 Å². The van der Waals surface area contributed by atoms with Gasteiger partial charge >= 0.3 is 0 Å². The van der Waals surface area contributed by atoms with Crippen molar-refractivity contribution in [2.45, 2.75) is 0 Å². The molecule has 4 saturated heterocycles.